The minimum atomic E-state index is -0.0484. The molecule has 22 heavy (non-hydrogen) atoms. The molecule has 1 aliphatic rings. The van der Waals surface area contributed by atoms with Gasteiger partial charge in [-0.3, -0.25) is 0 Å². The fourth-order valence-electron chi connectivity index (χ4n) is 2.28. The summed E-state index contributed by atoms with van der Waals surface area (Å²) in [4.78, 5) is 5.79. The molecule has 4 rings (SSSR count). The summed E-state index contributed by atoms with van der Waals surface area (Å²) >= 11 is 3.33. The number of aromatic nitrogens is 3. The zero-order valence-corrected chi connectivity index (χ0v) is 13.3. The van der Waals surface area contributed by atoms with E-state index in [0.29, 0.717) is 18.5 Å². The van der Waals surface area contributed by atoms with Gasteiger partial charge in [0.1, 0.15) is 11.1 Å². The molecule has 0 unspecified atom stereocenters. The minimum Gasteiger partial charge on any atom is -0.405 e. The van der Waals surface area contributed by atoms with Gasteiger partial charge in [-0.2, -0.15) is 0 Å². The Bertz CT molecular complexity index is 732. The van der Waals surface area contributed by atoms with Crippen molar-refractivity contribution in [2.45, 2.75) is 25.5 Å². The zero-order valence-electron chi connectivity index (χ0n) is 11.7. The number of nitrogens with zero attached hydrogens (tertiary/aromatic N) is 3. The number of ether oxygens (including phenoxy) is 1. The fraction of sp³-hybridized carbons (Fsp3) is 0.357. The van der Waals surface area contributed by atoms with Crippen LogP contribution in [0.1, 0.15) is 30.5 Å². The largest absolute Gasteiger partial charge is 0.405 e. The van der Waals surface area contributed by atoms with Gasteiger partial charge in [0, 0.05) is 12.0 Å². The number of hydrogen-bond donors (Lipinski definition) is 1. The molecule has 0 spiro atoms. The van der Waals surface area contributed by atoms with E-state index in [9.17, 15) is 0 Å². The van der Waals surface area contributed by atoms with Crippen LogP contribution in [0.15, 0.2) is 27.3 Å². The standard InChI is InChI=1S/C14H14N4O2S2/c1-3-10(19-5-1)12-17-18-14(20-12)15-7-9-8-22-13(16-9)11-4-2-6-21-11/h2,4,6,8,10H,1,3,5,7H2,(H,15,18)/t10-/m0/s1. The Morgan fingerprint density at radius 1 is 1.32 bits per heavy atom. The molecule has 3 aromatic heterocycles. The van der Waals surface area contributed by atoms with Crippen LogP contribution in [0.3, 0.4) is 0 Å². The van der Waals surface area contributed by atoms with E-state index < -0.39 is 0 Å². The molecule has 0 aliphatic carbocycles. The van der Waals surface area contributed by atoms with Gasteiger partial charge in [-0.1, -0.05) is 11.2 Å². The summed E-state index contributed by atoms with van der Waals surface area (Å²) in [6.45, 7) is 1.33. The van der Waals surface area contributed by atoms with Crippen molar-refractivity contribution in [3.8, 4) is 9.88 Å². The number of thiophene rings is 1. The van der Waals surface area contributed by atoms with Gasteiger partial charge in [-0.05, 0) is 24.3 Å². The van der Waals surface area contributed by atoms with Crippen LogP contribution in [0, 0.1) is 0 Å². The molecule has 114 valence electrons. The van der Waals surface area contributed by atoms with Crippen LogP contribution in [-0.4, -0.2) is 21.8 Å². The highest BCUT2D eigenvalue weighted by molar-refractivity contribution is 7.20. The first kappa shape index (κ1) is 13.9. The van der Waals surface area contributed by atoms with Crippen LogP contribution in [0.5, 0.6) is 0 Å². The van der Waals surface area contributed by atoms with E-state index >= 15 is 0 Å². The fourth-order valence-corrected chi connectivity index (χ4v) is 3.91. The lowest BCUT2D eigenvalue weighted by molar-refractivity contribution is 0.0897. The van der Waals surface area contributed by atoms with Gasteiger partial charge < -0.3 is 14.5 Å². The van der Waals surface area contributed by atoms with Crippen molar-refractivity contribution in [3.05, 3.63) is 34.5 Å². The summed E-state index contributed by atoms with van der Waals surface area (Å²) in [5, 5.41) is 16.3. The molecular formula is C14H14N4O2S2. The first-order valence-corrected chi connectivity index (χ1v) is 8.81. The van der Waals surface area contributed by atoms with Gasteiger partial charge in [-0.15, -0.1) is 27.8 Å². The van der Waals surface area contributed by atoms with Crippen molar-refractivity contribution in [1.29, 1.82) is 0 Å². The SMILES string of the molecule is c1csc(-c2nc(CNc3nnc([C@@H]4CCCO4)o3)cs2)c1. The molecule has 0 aromatic carbocycles. The van der Waals surface area contributed by atoms with Crippen molar-refractivity contribution in [2.24, 2.45) is 0 Å². The molecule has 1 aliphatic heterocycles. The number of rotatable bonds is 5. The van der Waals surface area contributed by atoms with Crippen LogP contribution < -0.4 is 5.32 Å². The van der Waals surface area contributed by atoms with Gasteiger partial charge in [0.05, 0.1) is 17.1 Å². The monoisotopic (exact) mass is 334 g/mol. The van der Waals surface area contributed by atoms with Crippen molar-refractivity contribution >= 4 is 28.7 Å². The molecule has 1 N–H and O–H groups in total. The van der Waals surface area contributed by atoms with E-state index in [4.69, 9.17) is 9.15 Å². The summed E-state index contributed by atoms with van der Waals surface area (Å²) < 4.78 is 11.1. The Labute approximate surface area is 135 Å². The van der Waals surface area contributed by atoms with E-state index in [-0.39, 0.29) is 6.10 Å². The summed E-state index contributed by atoms with van der Waals surface area (Å²) in [7, 11) is 0. The second kappa shape index (κ2) is 6.15. The first-order chi connectivity index (χ1) is 10.9. The van der Waals surface area contributed by atoms with Crippen molar-refractivity contribution in [3.63, 3.8) is 0 Å². The van der Waals surface area contributed by atoms with E-state index in [1.807, 2.05) is 11.4 Å². The molecule has 0 saturated carbocycles. The molecule has 4 heterocycles. The van der Waals surface area contributed by atoms with Crippen molar-refractivity contribution in [2.75, 3.05) is 11.9 Å². The molecule has 0 bridgehead atoms. The third kappa shape index (κ3) is 2.90. The predicted octanol–water partition coefficient (Wildman–Crippen LogP) is 3.72. The highest BCUT2D eigenvalue weighted by Gasteiger charge is 2.23. The molecule has 1 atom stereocenters. The molecule has 8 heteroatoms. The number of hydrogen-bond acceptors (Lipinski definition) is 8. The summed E-state index contributed by atoms with van der Waals surface area (Å²) in [5.41, 5.74) is 0.963. The first-order valence-electron chi connectivity index (χ1n) is 7.05. The van der Waals surface area contributed by atoms with Crippen molar-refractivity contribution < 1.29 is 9.15 Å². The maximum absolute atomic E-state index is 5.59. The van der Waals surface area contributed by atoms with Crippen LogP contribution in [0.25, 0.3) is 9.88 Å². The molecule has 3 aromatic rings. The third-order valence-electron chi connectivity index (χ3n) is 3.35. The number of thiazole rings is 1. The van der Waals surface area contributed by atoms with E-state index in [1.54, 1.807) is 22.7 Å². The van der Waals surface area contributed by atoms with E-state index in [2.05, 4.69) is 31.9 Å². The second-order valence-electron chi connectivity index (χ2n) is 4.92. The Kier molecular flexibility index (Phi) is 3.88. The van der Waals surface area contributed by atoms with E-state index in [1.165, 1.54) is 4.88 Å². The van der Waals surface area contributed by atoms with Crippen molar-refractivity contribution in [1.82, 2.24) is 15.2 Å². The molecule has 0 radical (unpaired) electrons. The van der Waals surface area contributed by atoms with Gasteiger partial charge in [0.25, 0.3) is 0 Å². The highest BCUT2D eigenvalue weighted by atomic mass is 32.1. The average molecular weight is 334 g/mol. The Morgan fingerprint density at radius 3 is 3.14 bits per heavy atom. The lowest BCUT2D eigenvalue weighted by Crippen LogP contribution is -1.99. The Morgan fingerprint density at radius 2 is 2.32 bits per heavy atom. The Hall–Kier alpha value is -1.77. The smallest absolute Gasteiger partial charge is 0.315 e. The molecule has 6 nitrogen and oxygen atoms in total. The topological polar surface area (TPSA) is 73.1 Å². The van der Waals surface area contributed by atoms with Crippen LogP contribution in [0.2, 0.25) is 0 Å². The normalized spacial score (nSPS) is 17.9. The zero-order chi connectivity index (χ0) is 14.8. The summed E-state index contributed by atoms with van der Waals surface area (Å²) in [6, 6.07) is 4.52. The summed E-state index contributed by atoms with van der Waals surface area (Å²) in [5.74, 6) is 0.553. The maximum Gasteiger partial charge on any atom is 0.315 e. The average Bonchev–Trinajstić information content (AvgIpc) is 3.33. The van der Waals surface area contributed by atoms with Crippen LogP contribution in [0.4, 0.5) is 6.01 Å². The quantitative estimate of drug-likeness (QED) is 0.766. The van der Waals surface area contributed by atoms with Gasteiger partial charge in [0.2, 0.25) is 5.89 Å². The summed E-state index contributed by atoms with van der Waals surface area (Å²) in [6.07, 6.45) is 1.94. The van der Waals surface area contributed by atoms with Gasteiger partial charge >= 0.3 is 6.01 Å². The molecule has 1 saturated heterocycles. The molecule has 1 fully saturated rings. The second-order valence-corrected chi connectivity index (χ2v) is 6.73. The van der Waals surface area contributed by atoms with Gasteiger partial charge in [0.15, 0.2) is 0 Å². The van der Waals surface area contributed by atoms with Gasteiger partial charge in [-0.25, -0.2) is 4.98 Å². The van der Waals surface area contributed by atoms with Crippen LogP contribution in [-0.2, 0) is 11.3 Å². The Balaban J connectivity index is 1.38. The highest BCUT2D eigenvalue weighted by Crippen LogP contribution is 2.29. The third-order valence-corrected chi connectivity index (χ3v) is 5.28. The minimum absolute atomic E-state index is 0.0484. The predicted molar refractivity (Wildman–Crippen MR) is 85.0 cm³/mol. The lowest BCUT2D eigenvalue weighted by atomic mass is 10.2. The lowest BCUT2D eigenvalue weighted by Gasteiger charge is -2.01. The number of anilines is 1. The number of nitrogens with one attached hydrogen (secondary N) is 1. The molecular weight excluding hydrogens is 320 g/mol. The molecule has 0 amide bonds. The van der Waals surface area contributed by atoms with Crippen LogP contribution >= 0.6 is 22.7 Å². The van der Waals surface area contributed by atoms with E-state index in [0.717, 1.165) is 30.2 Å². The maximum atomic E-state index is 5.59.